The number of nitrogens with zero attached hydrogens (tertiary/aromatic N) is 4. The summed E-state index contributed by atoms with van der Waals surface area (Å²) in [5.41, 5.74) is 2.69. The van der Waals surface area contributed by atoms with Gasteiger partial charge >= 0.3 is 11.5 Å². The monoisotopic (exact) mass is 450 g/mol. The highest BCUT2D eigenvalue weighted by Gasteiger charge is 2.23. The maximum absolute atomic E-state index is 12.6. The van der Waals surface area contributed by atoms with Crippen LogP contribution in [0.3, 0.4) is 0 Å². The Hall–Kier alpha value is -4.27. The normalized spacial score (nSPS) is 11.3. The second-order valence-electron chi connectivity index (χ2n) is 6.28. The number of hydrogen-bond acceptors (Lipinski definition) is 10. The predicted octanol–water partition coefficient (Wildman–Crippen LogP) is -0.616. The van der Waals surface area contributed by atoms with E-state index < -0.39 is 43.4 Å². The summed E-state index contributed by atoms with van der Waals surface area (Å²) in [5.74, 6) is -1.64. The summed E-state index contributed by atoms with van der Waals surface area (Å²) < 4.78 is 26.6. The van der Waals surface area contributed by atoms with Gasteiger partial charge in [0.05, 0.1) is 22.4 Å². The Balaban J connectivity index is 2.43. The summed E-state index contributed by atoms with van der Waals surface area (Å²) in [6.07, 6.45) is 3.15. The van der Waals surface area contributed by atoms with Gasteiger partial charge in [-0.25, -0.2) is 18.2 Å². The molecule has 0 unspecified atom stereocenters. The van der Waals surface area contributed by atoms with Gasteiger partial charge in [0, 0.05) is 31.5 Å². The third-order valence-electron chi connectivity index (χ3n) is 3.84. The average molecular weight is 450 g/mol. The number of nitro benzene ring substituents is 1. The minimum Gasteiger partial charge on any atom is -0.394 e. The number of nitro groups is 1. The molecule has 0 spiro atoms. The zero-order valence-corrected chi connectivity index (χ0v) is 16.7. The maximum Gasteiger partial charge on any atom is 0.330 e. The van der Waals surface area contributed by atoms with E-state index >= 15 is 0 Å². The topological polar surface area (TPSA) is 199 Å². The maximum atomic E-state index is 12.6. The van der Waals surface area contributed by atoms with Gasteiger partial charge in [-0.15, -0.1) is 4.73 Å². The Kier molecular flexibility index (Phi) is 5.20. The second-order valence-corrected chi connectivity index (χ2v) is 8.02. The van der Waals surface area contributed by atoms with E-state index in [9.17, 15) is 32.9 Å². The highest BCUT2D eigenvalue weighted by atomic mass is 32.2. The lowest BCUT2D eigenvalue weighted by molar-refractivity contribution is -0.384. The number of hydrogen-bond donors (Lipinski definition) is 2. The number of nitrogen functional groups attached to an aromatic ring is 1. The van der Waals surface area contributed by atoms with Crippen molar-refractivity contribution in [2.45, 2.75) is 6.92 Å². The van der Waals surface area contributed by atoms with E-state index in [4.69, 9.17) is 10.6 Å². The molecule has 0 saturated carbocycles. The lowest BCUT2D eigenvalue weighted by Crippen LogP contribution is -2.33. The number of nitrogens with one attached hydrogen (secondary N) is 1. The number of nitrogens with two attached hydrogens (primary N) is 1. The molecule has 1 aromatic carbocycles. The molecule has 162 valence electrons. The second kappa shape index (κ2) is 7.52. The van der Waals surface area contributed by atoms with Crippen LogP contribution in [0.2, 0.25) is 0 Å². The summed E-state index contributed by atoms with van der Waals surface area (Å²) in [6.45, 7) is 0.980. The molecule has 3 rings (SSSR count). The van der Waals surface area contributed by atoms with Gasteiger partial charge < -0.3 is 15.1 Å². The number of fused-ring (bicyclic) bond motifs is 1. The van der Waals surface area contributed by atoms with E-state index in [2.05, 4.69) is 4.98 Å². The minimum atomic E-state index is -3.94. The molecule has 0 aliphatic carbocycles. The van der Waals surface area contributed by atoms with Crippen LogP contribution in [0.4, 0.5) is 17.2 Å². The van der Waals surface area contributed by atoms with E-state index in [1.807, 2.05) is 4.72 Å². The molecule has 0 bridgehead atoms. The molecule has 3 aromatic rings. The number of pyridine rings is 1. The van der Waals surface area contributed by atoms with Crippen LogP contribution in [-0.2, 0) is 14.8 Å². The molecule has 0 aliphatic rings. The van der Waals surface area contributed by atoms with Crippen LogP contribution < -0.4 is 26.3 Å². The smallest absolute Gasteiger partial charge is 0.330 e. The van der Waals surface area contributed by atoms with Crippen molar-refractivity contribution in [3.05, 3.63) is 61.3 Å². The molecular formula is C16H14N6O8S. The van der Waals surface area contributed by atoms with Crippen LogP contribution in [0.5, 0.6) is 0 Å². The van der Waals surface area contributed by atoms with Crippen molar-refractivity contribution in [1.82, 2.24) is 14.3 Å². The van der Waals surface area contributed by atoms with Crippen molar-refractivity contribution in [2.24, 2.45) is 0 Å². The summed E-state index contributed by atoms with van der Waals surface area (Å²) >= 11 is 0. The molecule has 3 N–H and O–H groups in total. The summed E-state index contributed by atoms with van der Waals surface area (Å²) in [6, 6.07) is 3.15. The van der Waals surface area contributed by atoms with Crippen molar-refractivity contribution in [3.8, 4) is 5.69 Å². The summed E-state index contributed by atoms with van der Waals surface area (Å²) in [5, 5.41) is 11.7. The SMILES string of the molecule is CC(=O)On1c(=O)c(NS(C)(=O)=O)nc2cc(-n3ccc(=O)c(N)c3)c([N+](=O)[O-])cc21. The first-order valence-electron chi connectivity index (χ1n) is 8.27. The molecule has 0 saturated heterocycles. The number of benzene rings is 1. The predicted molar refractivity (Wildman–Crippen MR) is 108 cm³/mol. The Bertz CT molecular complexity index is 1470. The van der Waals surface area contributed by atoms with E-state index in [-0.39, 0.29) is 22.4 Å². The number of carbonyl (C=O) groups excluding carboxylic acids is 1. The highest BCUT2D eigenvalue weighted by molar-refractivity contribution is 7.92. The van der Waals surface area contributed by atoms with E-state index in [1.165, 1.54) is 10.8 Å². The Morgan fingerprint density at radius 2 is 2.00 bits per heavy atom. The first kappa shape index (κ1) is 21.4. The van der Waals surface area contributed by atoms with E-state index in [0.717, 1.165) is 37.6 Å². The Morgan fingerprint density at radius 3 is 2.55 bits per heavy atom. The van der Waals surface area contributed by atoms with Gasteiger partial charge in [-0.2, -0.15) is 0 Å². The minimum absolute atomic E-state index is 0.102. The van der Waals surface area contributed by atoms with Crippen LogP contribution >= 0.6 is 0 Å². The fourth-order valence-corrected chi connectivity index (χ4v) is 3.13. The van der Waals surface area contributed by atoms with Crippen LogP contribution in [0.15, 0.2) is 40.2 Å². The third kappa shape index (κ3) is 4.35. The van der Waals surface area contributed by atoms with E-state index in [0.29, 0.717) is 4.73 Å². The Morgan fingerprint density at radius 1 is 1.32 bits per heavy atom. The van der Waals surface area contributed by atoms with Gasteiger partial charge in [0.25, 0.3) is 5.69 Å². The van der Waals surface area contributed by atoms with Crippen molar-refractivity contribution in [3.63, 3.8) is 0 Å². The van der Waals surface area contributed by atoms with E-state index in [1.54, 1.807) is 0 Å². The standard InChI is InChI=1S/C16H14N6O8S/c1-8(23)30-21-11-6-13(22(26)27)12(20-4-3-14(24)9(17)7-20)5-10(11)18-15(16(21)25)19-31(2,28)29/h3-7H,17H2,1-2H3,(H,18,19). The van der Waals surface area contributed by atoms with Crippen LogP contribution in [0, 0.1) is 10.1 Å². The van der Waals surface area contributed by atoms with Crippen molar-refractivity contribution in [1.29, 1.82) is 0 Å². The van der Waals surface area contributed by atoms with Gasteiger partial charge in [0.2, 0.25) is 21.3 Å². The molecule has 0 amide bonds. The molecule has 0 aliphatic heterocycles. The molecule has 2 heterocycles. The fraction of sp³-hybridized carbons (Fsp3) is 0.125. The Labute approximate surface area is 172 Å². The van der Waals surface area contributed by atoms with Gasteiger partial charge in [0.1, 0.15) is 11.2 Å². The van der Waals surface area contributed by atoms with Gasteiger partial charge in [-0.05, 0) is 6.07 Å². The van der Waals surface area contributed by atoms with Crippen molar-refractivity contribution < 1.29 is 23.0 Å². The van der Waals surface area contributed by atoms with Gasteiger partial charge in [0.15, 0.2) is 0 Å². The number of sulfonamides is 1. The summed E-state index contributed by atoms with van der Waals surface area (Å²) in [7, 11) is -3.94. The van der Waals surface area contributed by atoms with Crippen LogP contribution in [0.25, 0.3) is 16.7 Å². The highest BCUT2D eigenvalue weighted by Crippen LogP contribution is 2.28. The first-order valence-corrected chi connectivity index (χ1v) is 10.2. The zero-order valence-electron chi connectivity index (χ0n) is 15.9. The average Bonchev–Trinajstić information content (AvgIpc) is 2.65. The lowest BCUT2D eigenvalue weighted by atomic mass is 10.2. The lowest BCUT2D eigenvalue weighted by Gasteiger charge is -2.13. The largest absolute Gasteiger partial charge is 0.394 e. The van der Waals surface area contributed by atoms with Gasteiger partial charge in [-0.1, -0.05) is 0 Å². The zero-order chi connectivity index (χ0) is 23.1. The fourth-order valence-electron chi connectivity index (χ4n) is 2.65. The van der Waals surface area contributed by atoms with Crippen molar-refractivity contribution in [2.75, 3.05) is 16.7 Å². The molecule has 31 heavy (non-hydrogen) atoms. The molecular weight excluding hydrogens is 436 g/mol. The number of rotatable bonds is 5. The molecule has 2 aromatic heterocycles. The summed E-state index contributed by atoms with van der Waals surface area (Å²) in [4.78, 5) is 55.2. The third-order valence-corrected chi connectivity index (χ3v) is 4.40. The molecule has 14 nitrogen and oxygen atoms in total. The van der Waals surface area contributed by atoms with Gasteiger partial charge in [-0.3, -0.25) is 24.4 Å². The number of aromatic nitrogens is 3. The van der Waals surface area contributed by atoms with Crippen LogP contribution in [0.1, 0.15) is 6.92 Å². The quantitative estimate of drug-likeness (QED) is 0.373. The first-order chi connectivity index (χ1) is 14.4. The van der Waals surface area contributed by atoms with Crippen LogP contribution in [-0.4, -0.2) is 39.8 Å². The number of anilines is 2. The van der Waals surface area contributed by atoms with Crippen molar-refractivity contribution >= 4 is 44.2 Å². The molecule has 0 fully saturated rings. The number of carbonyl (C=O) groups is 1. The molecule has 15 heteroatoms. The molecule has 0 radical (unpaired) electrons. The molecule has 0 atom stereocenters.